The summed E-state index contributed by atoms with van der Waals surface area (Å²) in [5, 5.41) is 10.8. The number of hydrogen-bond donors (Lipinski definition) is 4. The van der Waals surface area contributed by atoms with Gasteiger partial charge in [-0.2, -0.15) is 0 Å². The summed E-state index contributed by atoms with van der Waals surface area (Å²) in [5.74, 6) is -1.37. The zero-order chi connectivity index (χ0) is 33.4. The lowest BCUT2D eigenvalue weighted by Crippen LogP contribution is -2.55. The van der Waals surface area contributed by atoms with E-state index in [0.29, 0.717) is 11.3 Å². The number of aromatic nitrogens is 1. The van der Waals surface area contributed by atoms with Crippen molar-refractivity contribution in [1.29, 1.82) is 0 Å². The van der Waals surface area contributed by atoms with Crippen LogP contribution in [0, 0.1) is 5.92 Å². The molecule has 4 N–H and O–H groups in total. The summed E-state index contributed by atoms with van der Waals surface area (Å²) in [6.07, 6.45) is 1.08. The molecule has 0 unspecified atom stereocenters. The molecule has 1 aromatic heterocycles. The summed E-state index contributed by atoms with van der Waals surface area (Å²) in [6.45, 7) is 8.57. The van der Waals surface area contributed by atoms with Crippen LogP contribution < -0.4 is 26.0 Å². The second-order valence-corrected chi connectivity index (χ2v) is 12.4. The Morgan fingerprint density at radius 3 is 2.41 bits per heavy atom. The van der Waals surface area contributed by atoms with Crippen LogP contribution in [0.4, 0.5) is 10.5 Å². The van der Waals surface area contributed by atoms with Gasteiger partial charge in [0.25, 0.3) is 5.91 Å². The van der Waals surface area contributed by atoms with E-state index in [1.54, 1.807) is 69.3 Å². The molecule has 4 bridgehead atoms. The Kier molecular flexibility index (Phi) is 10.7. The SMILES string of the molecule is CC(C)C[C@@H]1NC(=O)[C@@H](NC(=O)OC(C)(C)C)Cc2ccc(cc2)Oc2ccc(cc2NC(=O)c2ccccn2)C(=O)CNC1=O. The number of ketones is 1. The van der Waals surface area contributed by atoms with Crippen molar-refractivity contribution in [2.45, 2.75) is 65.1 Å². The second kappa shape index (κ2) is 14.7. The lowest BCUT2D eigenvalue weighted by atomic mass is 10.0. The number of carbonyl (C=O) groups excluding carboxylic acids is 5. The number of ether oxygens (including phenoxy) is 2. The third-order valence-corrected chi connectivity index (χ3v) is 6.81. The van der Waals surface area contributed by atoms with Crippen molar-refractivity contribution in [3.05, 3.63) is 83.7 Å². The maximum atomic E-state index is 13.5. The topological polar surface area (TPSA) is 165 Å². The fourth-order valence-corrected chi connectivity index (χ4v) is 4.66. The second-order valence-electron chi connectivity index (χ2n) is 12.4. The highest BCUT2D eigenvalue weighted by Crippen LogP contribution is 2.31. The van der Waals surface area contributed by atoms with Gasteiger partial charge in [0.15, 0.2) is 11.5 Å². The predicted molar refractivity (Wildman–Crippen MR) is 171 cm³/mol. The van der Waals surface area contributed by atoms with Gasteiger partial charge in [-0.05, 0) is 81.1 Å². The van der Waals surface area contributed by atoms with Crippen LogP contribution in [0.1, 0.15) is 67.4 Å². The van der Waals surface area contributed by atoms with Crippen molar-refractivity contribution >= 4 is 35.3 Å². The number of amides is 4. The molecule has 0 saturated heterocycles. The molecular formula is C34H39N5O7. The van der Waals surface area contributed by atoms with Crippen LogP contribution >= 0.6 is 0 Å². The van der Waals surface area contributed by atoms with E-state index in [1.165, 1.54) is 18.3 Å². The number of pyridine rings is 1. The number of anilines is 1. The van der Waals surface area contributed by atoms with Gasteiger partial charge < -0.3 is 30.7 Å². The number of hydrogen-bond acceptors (Lipinski definition) is 8. The minimum Gasteiger partial charge on any atom is -0.455 e. The molecule has 12 heteroatoms. The first kappa shape index (κ1) is 33.6. The van der Waals surface area contributed by atoms with Crippen LogP contribution in [0.25, 0.3) is 0 Å². The molecule has 242 valence electrons. The largest absolute Gasteiger partial charge is 0.455 e. The van der Waals surface area contributed by atoms with Crippen LogP contribution in [-0.2, 0) is 20.7 Å². The standard InChI is InChI=1S/C34H39N5O7/c1-20(2)16-26-30(41)36-19-28(40)22-11-14-29(25(18-22)37-31(42)24-8-6-7-15-35-24)45-23-12-9-21(10-13-23)17-27(32(43)38-26)39-33(44)46-34(3,4)5/h6-15,18,20,26-27H,16-17,19H2,1-5H3,(H,36,41)(H,37,42)(H,38,43)(H,39,44)/t26-,27-/m0/s1. The number of rotatable bonds is 5. The summed E-state index contributed by atoms with van der Waals surface area (Å²) < 4.78 is 11.5. The van der Waals surface area contributed by atoms with Gasteiger partial charge in [0, 0.05) is 18.2 Å². The number of benzene rings is 2. The molecule has 46 heavy (non-hydrogen) atoms. The third kappa shape index (κ3) is 9.62. The molecule has 4 amide bonds. The molecule has 2 atom stereocenters. The molecule has 3 aliphatic rings. The molecule has 12 nitrogen and oxygen atoms in total. The van der Waals surface area contributed by atoms with Crippen molar-refractivity contribution in [1.82, 2.24) is 20.9 Å². The normalized spacial score (nSPS) is 17.3. The number of nitrogens with zero attached hydrogens (tertiary/aromatic N) is 1. The van der Waals surface area contributed by atoms with Crippen LogP contribution in [-0.4, -0.2) is 58.8 Å². The number of fused-ring (bicyclic) bond motifs is 2. The van der Waals surface area contributed by atoms with Gasteiger partial charge in [0.2, 0.25) is 11.8 Å². The molecule has 3 aliphatic heterocycles. The first-order valence-electron chi connectivity index (χ1n) is 15.0. The average molecular weight is 630 g/mol. The maximum absolute atomic E-state index is 13.5. The van der Waals surface area contributed by atoms with Crippen LogP contribution in [0.5, 0.6) is 11.5 Å². The lowest BCUT2D eigenvalue weighted by Gasteiger charge is -2.26. The van der Waals surface area contributed by atoms with Gasteiger partial charge in [-0.3, -0.25) is 24.2 Å². The van der Waals surface area contributed by atoms with Crippen molar-refractivity contribution in [2.24, 2.45) is 5.92 Å². The minimum absolute atomic E-state index is 0.0206. The molecule has 6 rings (SSSR count). The Morgan fingerprint density at radius 1 is 1.02 bits per heavy atom. The highest BCUT2D eigenvalue weighted by Gasteiger charge is 2.30. The minimum atomic E-state index is -1.08. The molecule has 0 aliphatic carbocycles. The van der Waals surface area contributed by atoms with Crippen molar-refractivity contribution in [2.75, 3.05) is 11.9 Å². The highest BCUT2D eigenvalue weighted by atomic mass is 16.6. The van der Waals surface area contributed by atoms with E-state index >= 15 is 0 Å². The van der Waals surface area contributed by atoms with Crippen LogP contribution in [0.15, 0.2) is 66.9 Å². The monoisotopic (exact) mass is 629 g/mol. The fourth-order valence-electron chi connectivity index (χ4n) is 4.66. The summed E-state index contributed by atoms with van der Waals surface area (Å²) in [6, 6.07) is 14.3. The van der Waals surface area contributed by atoms with Crippen LogP contribution in [0.3, 0.4) is 0 Å². The van der Waals surface area contributed by atoms with Crippen molar-refractivity contribution < 1.29 is 33.4 Å². The molecule has 0 spiro atoms. The Bertz CT molecular complexity index is 1580. The van der Waals surface area contributed by atoms with Gasteiger partial charge in [-0.25, -0.2) is 4.79 Å². The third-order valence-electron chi connectivity index (χ3n) is 6.81. The number of carbonyl (C=O) groups is 5. The average Bonchev–Trinajstić information content (AvgIpc) is 2.99. The van der Waals surface area contributed by atoms with E-state index in [0.717, 1.165) is 0 Å². The molecule has 0 saturated carbocycles. The van der Waals surface area contributed by atoms with Gasteiger partial charge in [-0.15, -0.1) is 0 Å². The predicted octanol–water partition coefficient (Wildman–Crippen LogP) is 4.41. The Hall–Kier alpha value is -5.26. The number of alkyl carbamates (subject to hydrolysis) is 1. The first-order chi connectivity index (χ1) is 21.8. The van der Waals surface area contributed by atoms with E-state index in [9.17, 15) is 24.0 Å². The van der Waals surface area contributed by atoms with E-state index < -0.39 is 47.3 Å². The lowest BCUT2D eigenvalue weighted by molar-refractivity contribution is -0.130. The van der Waals surface area contributed by atoms with E-state index in [2.05, 4.69) is 26.3 Å². The van der Waals surface area contributed by atoms with E-state index in [4.69, 9.17) is 9.47 Å². The zero-order valence-electron chi connectivity index (χ0n) is 26.5. The highest BCUT2D eigenvalue weighted by molar-refractivity contribution is 6.06. The molecule has 0 radical (unpaired) electrons. The van der Waals surface area contributed by atoms with Gasteiger partial charge in [0.05, 0.1) is 12.2 Å². The summed E-state index contributed by atoms with van der Waals surface area (Å²) >= 11 is 0. The summed E-state index contributed by atoms with van der Waals surface area (Å²) in [4.78, 5) is 69.8. The van der Waals surface area contributed by atoms with Crippen molar-refractivity contribution in [3.8, 4) is 11.5 Å². The fraction of sp³-hybridized carbons (Fsp3) is 0.353. The van der Waals surface area contributed by atoms with Gasteiger partial charge in [-0.1, -0.05) is 32.0 Å². The molecule has 4 heterocycles. The first-order valence-corrected chi connectivity index (χ1v) is 15.0. The number of Topliss-reactive ketones (excluding diaryl/α,β-unsaturated/α-hetero) is 1. The Balaban J connectivity index is 1.70. The molecular weight excluding hydrogens is 590 g/mol. The summed E-state index contributed by atoms with van der Waals surface area (Å²) in [7, 11) is 0. The van der Waals surface area contributed by atoms with Gasteiger partial charge in [0.1, 0.15) is 29.1 Å². The Morgan fingerprint density at radius 2 is 1.76 bits per heavy atom. The van der Waals surface area contributed by atoms with Gasteiger partial charge >= 0.3 is 6.09 Å². The van der Waals surface area contributed by atoms with Crippen molar-refractivity contribution in [3.63, 3.8) is 0 Å². The zero-order valence-corrected chi connectivity index (χ0v) is 26.5. The summed E-state index contributed by atoms with van der Waals surface area (Å²) in [5.41, 5.74) is 0.509. The Labute approximate surface area is 267 Å². The van der Waals surface area contributed by atoms with Crippen LogP contribution in [0.2, 0.25) is 0 Å². The quantitative estimate of drug-likeness (QED) is 0.322. The smallest absolute Gasteiger partial charge is 0.408 e. The molecule has 0 fully saturated rings. The molecule has 2 aromatic carbocycles. The number of nitrogens with one attached hydrogen (secondary N) is 4. The van der Waals surface area contributed by atoms with E-state index in [-0.39, 0.29) is 48.0 Å². The maximum Gasteiger partial charge on any atom is 0.408 e. The van der Waals surface area contributed by atoms with E-state index in [1.807, 2.05) is 13.8 Å². The molecule has 3 aromatic rings.